The second-order valence-electron chi connectivity index (χ2n) is 5.37. The molecular weight excluding hydrogens is 318 g/mol. The van der Waals surface area contributed by atoms with Crippen LogP contribution >= 0.6 is 0 Å². The molecule has 6 heteroatoms. The van der Waals surface area contributed by atoms with Crippen molar-refractivity contribution in [3.63, 3.8) is 0 Å². The largest absolute Gasteiger partial charge is 0.489 e. The van der Waals surface area contributed by atoms with Crippen LogP contribution in [0.15, 0.2) is 41.9 Å². The van der Waals surface area contributed by atoms with Crippen LogP contribution in [0.3, 0.4) is 0 Å². The van der Waals surface area contributed by atoms with Crippen molar-refractivity contribution in [1.82, 2.24) is 10.6 Å². The first-order valence-electron chi connectivity index (χ1n) is 8.64. The highest BCUT2D eigenvalue weighted by atomic mass is 16.5. The number of methoxy groups -OCH3 is 1. The molecule has 140 valence electrons. The summed E-state index contributed by atoms with van der Waals surface area (Å²) in [5.41, 5.74) is 1.08. The smallest absolute Gasteiger partial charge is 0.191 e. The summed E-state index contributed by atoms with van der Waals surface area (Å²) in [5.74, 6) is 1.64. The van der Waals surface area contributed by atoms with Gasteiger partial charge in [-0.25, -0.2) is 0 Å². The summed E-state index contributed by atoms with van der Waals surface area (Å²) in [5, 5.41) is 6.61. The third kappa shape index (κ3) is 9.74. The van der Waals surface area contributed by atoms with Crippen molar-refractivity contribution in [2.75, 3.05) is 47.1 Å². The third-order valence-corrected chi connectivity index (χ3v) is 3.44. The van der Waals surface area contributed by atoms with Crippen molar-refractivity contribution in [1.29, 1.82) is 0 Å². The topological polar surface area (TPSA) is 64.1 Å². The van der Waals surface area contributed by atoms with E-state index in [9.17, 15) is 0 Å². The molecular formula is C19H31N3O3. The Morgan fingerprint density at radius 2 is 2.00 bits per heavy atom. The summed E-state index contributed by atoms with van der Waals surface area (Å²) in [6, 6.07) is 7.96. The van der Waals surface area contributed by atoms with E-state index in [4.69, 9.17) is 14.2 Å². The zero-order valence-electron chi connectivity index (χ0n) is 15.4. The van der Waals surface area contributed by atoms with E-state index in [2.05, 4.69) is 22.2 Å². The van der Waals surface area contributed by atoms with Crippen molar-refractivity contribution in [3.8, 4) is 5.75 Å². The molecule has 0 spiro atoms. The minimum Gasteiger partial charge on any atom is -0.489 e. The standard InChI is InChI=1S/C19H31N3O3/c1-4-12-25-18-10-6-5-9-17(18)16-22-19(20-2)21-11-7-8-13-24-15-14-23-3/h4-6,9-10H,1,7-8,11-16H2,2-3H3,(H2,20,21,22). The second kappa shape index (κ2) is 14.3. The zero-order chi connectivity index (χ0) is 18.2. The Hall–Kier alpha value is -2.05. The van der Waals surface area contributed by atoms with Gasteiger partial charge in [-0.05, 0) is 18.9 Å². The van der Waals surface area contributed by atoms with E-state index in [0.717, 1.165) is 43.3 Å². The molecule has 25 heavy (non-hydrogen) atoms. The van der Waals surface area contributed by atoms with Crippen LogP contribution < -0.4 is 15.4 Å². The Morgan fingerprint density at radius 1 is 1.16 bits per heavy atom. The number of nitrogens with zero attached hydrogens (tertiary/aromatic N) is 1. The zero-order valence-corrected chi connectivity index (χ0v) is 15.4. The van der Waals surface area contributed by atoms with Crippen LogP contribution in [0.25, 0.3) is 0 Å². The summed E-state index contributed by atoms with van der Waals surface area (Å²) in [6.07, 6.45) is 3.77. The van der Waals surface area contributed by atoms with Crippen molar-refractivity contribution in [2.24, 2.45) is 4.99 Å². The summed E-state index contributed by atoms with van der Waals surface area (Å²) >= 11 is 0. The molecule has 6 nitrogen and oxygen atoms in total. The minimum absolute atomic E-state index is 0.496. The highest BCUT2D eigenvalue weighted by Gasteiger charge is 2.04. The lowest BCUT2D eigenvalue weighted by atomic mass is 10.2. The molecule has 0 amide bonds. The number of nitrogens with one attached hydrogen (secondary N) is 2. The molecule has 0 fully saturated rings. The van der Waals surface area contributed by atoms with Gasteiger partial charge in [0.15, 0.2) is 5.96 Å². The maximum Gasteiger partial charge on any atom is 0.191 e. The molecule has 0 aliphatic rings. The number of para-hydroxylation sites is 1. The summed E-state index contributed by atoms with van der Waals surface area (Å²) in [7, 11) is 3.44. The number of benzene rings is 1. The summed E-state index contributed by atoms with van der Waals surface area (Å²) in [4.78, 5) is 4.24. The van der Waals surface area contributed by atoms with Crippen molar-refractivity contribution < 1.29 is 14.2 Å². The van der Waals surface area contributed by atoms with Gasteiger partial charge >= 0.3 is 0 Å². The van der Waals surface area contributed by atoms with E-state index in [0.29, 0.717) is 26.4 Å². The van der Waals surface area contributed by atoms with Crippen LogP contribution in [0, 0.1) is 0 Å². The number of guanidine groups is 1. The van der Waals surface area contributed by atoms with E-state index in [1.807, 2.05) is 24.3 Å². The number of hydrogen-bond acceptors (Lipinski definition) is 4. The minimum atomic E-state index is 0.496. The fourth-order valence-corrected chi connectivity index (χ4v) is 2.12. The van der Waals surface area contributed by atoms with E-state index < -0.39 is 0 Å². The first kappa shape index (κ1) is 21.0. The molecule has 0 heterocycles. The Labute approximate surface area is 151 Å². The molecule has 0 atom stereocenters. The molecule has 0 saturated carbocycles. The highest BCUT2D eigenvalue weighted by molar-refractivity contribution is 5.79. The molecule has 0 saturated heterocycles. The Bertz CT molecular complexity index is 506. The number of aliphatic imine (C=N–C) groups is 1. The molecule has 1 aromatic rings. The first-order valence-corrected chi connectivity index (χ1v) is 8.64. The van der Waals surface area contributed by atoms with Crippen LogP contribution in [0.1, 0.15) is 18.4 Å². The molecule has 0 radical (unpaired) electrons. The number of unbranched alkanes of at least 4 members (excludes halogenated alkanes) is 1. The fraction of sp³-hybridized carbons (Fsp3) is 0.526. The van der Waals surface area contributed by atoms with E-state index >= 15 is 0 Å². The quantitative estimate of drug-likeness (QED) is 0.248. The predicted octanol–water partition coefficient (Wildman–Crippen LogP) is 2.36. The van der Waals surface area contributed by atoms with E-state index in [1.54, 1.807) is 20.2 Å². The maximum absolute atomic E-state index is 5.66. The second-order valence-corrected chi connectivity index (χ2v) is 5.37. The van der Waals surface area contributed by atoms with Crippen LogP contribution in [0.2, 0.25) is 0 Å². The third-order valence-electron chi connectivity index (χ3n) is 3.44. The van der Waals surface area contributed by atoms with Gasteiger partial charge in [-0.3, -0.25) is 4.99 Å². The van der Waals surface area contributed by atoms with Crippen LogP contribution in [-0.2, 0) is 16.0 Å². The lowest BCUT2D eigenvalue weighted by Gasteiger charge is -2.14. The van der Waals surface area contributed by atoms with Crippen molar-refractivity contribution in [2.45, 2.75) is 19.4 Å². The molecule has 0 aromatic heterocycles. The van der Waals surface area contributed by atoms with Gasteiger partial charge in [0.2, 0.25) is 0 Å². The molecule has 2 N–H and O–H groups in total. The lowest BCUT2D eigenvalue weighted by Crippen LogP contribution is -2.37. The summed E-state index contributed by atoms with van der Waals surface area (Å²) in [6.45, 7) is 7.72. The number of hydrogen-bond donors (Lipinski definition) is 2. The molecule has 0 aliphatic carbocycles. The van der Waals surface area contributed by atoms with Crippen LogP contribution in [0.4, 0.5) is 0 Å². The molecule has 1 rings (SSSR count). The predicted molar refractivity (Wildman–Crippen MR) is 102 cm³/mol. The van der Waals surface area contributed by atoms with Crippen LogP contribution in [0.5, 0.6) is 5.75 Å². The van der Waals surface area contributed by atoms with Gasteiger partial charge in [0.1, 0.15) is 12.4 Å². The molecule has 0 bridgehead atoms. The highest BCUT2D eigenvalue weighted by Crippen LogP contribution is 2.17. The average molecular weight is 349 g/mol. The maximum atomic E-state index is 5.66. The Balaban J connectivity index is 2.25. The van der Waals surface area contributed by atoms with Gasteiger partial charge in [0, 0.05) is 39.4 Å². The van der Waals surface area contributed by atoms with Crippen molar-refractivity contribution in [3.05, 3.63) is 42.5 Å². The molecule has 1 aromatic carbocycles. The van der Waals surface area contributed by atoms with Gasteiger partial charge in [-0.15, -0.1) is 0 Å². The van der Waals surface area contributed by atoms with Crippen molar-refractivity contribution >= 4 is 5.96 Å². The van der Waals surface area contributed by atoms with Gasteiger partial charge in [0.25, 0.3) is 0 Å². The van der Waals surface area contributed by atoms with Crippen LogP contribution in [-0.4, -0.2) is 53.1 Å². The molecule has 0 unspecified atom stereocenters. The number of rotatable bonds is 13. The monoisotopic (exact) mass is 349 g/mol. The van der Waals surface area contributed by atoms with Gasteiger partial charge in [-0.1, -0.05) is 30.9 Å². The Morgan fingerprint density at radius 3 is 2.76 bits per heavy atom. The Kier molecular flexibility index (Phi) is 12.0. The fourth-order valence-electron chi connectivity index (χ4n) is 2.12. The first-order chi connectivity index (χ1) is 12.3. The van der Waals surface area contributed by atoms with E-state index in [1.165, 1.54) is 0 Å². The number of ether oxygens (including phenoxy) is 3. The molecule has 0 aliphatic heterocycles. The van der Waals surface area contributed by atoms with Gasteiger partial charge < -0.3 is 24.8 Å². The SMILES string of the molecule is C=CCOc1ccccc1CNC(=NC)NCCCCOCCOC. The van der Waals surface area contributed by atoms with Gasteiger partial charge in [-0.2, -0.15) is 0 Å². The van der Waals surface area contributed by atoms with Gasteiger partial charge in [0.05, 0.1) is 13.2 Å². The lowest BCUT2D eigenvalue weighted by molar-refractivity contribution is 0.0689. The average Bonchev–Trinajstić information content (AvgIpc) is 2.65. The normalized spacial score (nSPS) is 11.2. The van der Waals surface area contributed by atoms with E-state index in [-0.39, 0.29) is 0 Å². The summed E-state index contributed by atoms with van der Waals surface area (Å²) < 4.78 is 16.0.